The van der Waals surface area contributed by atoms with E-state index in [2.05, 4.69) is 18.9 Å². The molecule has 3 N–H and O–H groups in total. The zero-order chi connectivity index (χ0) is 18.2. The maximum Gasteiger partial charge on any atom is 0.165 e. The van der Waals surface area contributed by atoms with Gasteiger partial charge in [-0.3, -0.25) is 4.90 Å². The van der Waals surface area contributed by atoms with Crippen LogP contribution in [0.3, 0.4) is 0 Å². The molecule has 3 aliphatic carbocycles. The number of benzene rings is 1. The summed E-state index contributed by atoms with van der Waals surface area (Å²) in [6, 6.07) is 3.73. The molecule has 5 heteroatoms. The van der Waals surface area contributed by atoms with E-state index in [0.29, 0.717) is 18.6 Å². The van der Waals surface area contributed by atoms with Crippen molar-refractivity contribution < 1.29 is 20.1 Å². The van der Waals surface area contributed by atoms with Crippen LogP contribution in [0.4, 0.5) is 0 Å². The van der Waals surface area contributed by atoms with E-state index >= 15 is 0 Å². The van der Waals surface area contributed by atoms with E-state index in [1.165, 1.54) is 18.4 Å². The van der Waals surface area contributed by atoms with Gasteiger partial charge in [0.25, 0.3) is 0 Å². The third kappa shape index (κ3) is 2.14. The predicted molar refractivity (Wildman–Crippen MR) is 97.6 cm³/mol. The molecule has 0 bridgehead atoms. The molecule has 0 saturated heterocycles. The fraction of sp³-hybridized carbons (Fsp3) is 0.714. The van der Waals surface area contributed by atoms with Crippen LogP contribution in [0.5, 0.6) is 11.5 Å². The van der Waals surface area contributed by atoms with Gasteiger partial charge < -0.3 is 20.1 Å². The average molecular weight is 359 g/mol. The maximum absolute atomic E-state index is 12.0. The molecular formula is C21H29NO4. The topological polar surface area (TPSA) is 73.2 Å². The number of aliphatic hydroxyl groups excluding tert-OH is 1. The maximum atomic E-state index is 12.0. The van der Waals surface area contributed by atoms with Gasteiger partial charge in [0, 0.05) is 24.1 Å². The Kier molecular flexibility index (Phi) is 3.63. The van der Waals surface area contributed by atoms with Gasteiger partial charge in [0.2, 0.25) is 0 Å². The second kappa shape index (κ2) is 5.60. The summed E-state index contributed by atoms with van der Waals surface area (Å²) in [7, 11) is 2.14. The normalized spacial score (nSPS) is 40.4. The lowest BCUT2D eigenvalue weighted by Crippen LogP contribution is -2.65. The summed E-state index contributed by atoms with van der Waals surface area (Å²) < 4.78 is 6.05. The van der Waals surface area contributed by atoms with Crippen molar-refractivity contribution in [3.8, 4) is 11.5 Å². The monoisotopic (exact) mass is 359 g/mol. The van der Waals surface area contributed by atoms with E-state index in [0.717, 1.165) is 24.4 Å². The van der Waals surface area contributed by atoms with Crippen LogP contribution in [0.15, 0.2) is 12.1 Å². The van der Waals surface area contributed by atoms with Crippen LogP contribution in [0.1, 0.15) is 62.0 Å². The van der Waals surface area contributed by atoms with E-state index in [1.807, 2.05) is 6.07 Å². The molecule has 0 spiro atoms. The molecule has 2 saturated carbocycles. The van der Waals surface area contributed by atoms with Crippen LogP contribution >= 0.6 is 0 Å². The standard InChI is InChI=1S/C21H29NO4/c1-3-12-13-6-7-14(23)18-16(13)17-19(26-18)15(24)8-9-21(17,25)20(12)22(2)10-11-4-5-11/h6-7,11-12,15,17,19-20,23-25H,3-5,8-10H2,1-2H3/t12?,15-,17?,19?,20+,21-/m1/s1. The van der Waals surface area contributed by atoms with Crippen LogP contribution in [0, 0.1) is 5.92 Å². The smallest absolute Gasteiger partial charge is 0.165 e. The van der Waals surface area contributed by atoms with Gasteiger partial charge >= 0.3 is 0 Å². The van der Waals surface area contributed by atoms with E-state index < -0.39 is 17.8 Å². The molecule has 1 heterocycles. The van der Waals surface area contributed by atoms with Gasteiger partial charge in [-0.15, -0.1) is 0 Å². The molecule has 3 unspecified atom stereocenters. The van der Waals surface area contributed by atoms with Gasteiger partial charge in [0.1, 0.15) is 6.10 Å². The first-order chi connectivity index (χ1) is 12.5. The minimum atomic E-state index is -0.930. The molecule has 5 rings (SSSR count). The van der Waals surface area contributed by atoms with Gasteiger partial charge in [-0.2, -0.15) is 0 Å². The number of ether oxygens (including phenoxy) is 1. The van der Waals surface area contributed by atoms with Gasteiger partial charge in [0.05, 0.1) is 17.6 Å². The molecule has 142 valence electrons. The summed E-state index contributed by atoms with van der Waals surface area (Å²) in [4.78, 5) is 2.37. The van der Waals surface area contributed by atoms with E-state index in [1.54, 1.807) is 6.07 Å². The first kappa shape index (κ1) is 16.8. The molecule has 0 aromatic heterocycles. The van der Waals surface area contributed by atoms with Crippen molar-refractivity contribution in [2.45, 2.75) is 74.7 Å². The van der Waals surface area contributed by atoms with Crippen molar-refractivity contribution in [3.63, 3.8) is 0 Å². The minimum absolute atomic E-state index is 0.0136. The fourth-order valence-electron chi connectivity index (χ4n) is 6.08. The van der Waals surface area contributed by atoms with Crippen molar-refractivity contribution in [3.05, 3.63) is 23.3 Å². The SMILES string of the molecule is CCC1c2ccc(O)c3c2C2C(O3)[C@H](O)CC[C@]2(O)[C@H]1N(C)CC1CC1. The number of phenolic OH excluding ortho intramolecular Hbond substituents is 1. The predicted octanol–water partition coefficient (Wildman–Crippen LogP) is 2.34. The highest BCUT2D eigenvalue weighted by Gasteiger charge is 2.63. The van der Waals surface area contributed by atoms with Crippen molar-refractivity contribution in [2.75, 3.05) is 13.6 Å². The number of nitrogens with zero attached hydrogens (tertiary/aromatic N) is 1. The Labute approximate surface area is 154 Å². The van der Waals surface area contributed by atoms with Crippen LogP contribution in [0.2, 0.25) is 0 Å². The second-order valence-corrected chi connectivity index (χ2v) is 8.92. The summed E-state index contributed by atoms with van der Waals surface area (Å²) in [5.41, 5.74) is 1.19. The molecule has 6 atom stereocenters. The zero-order valence-electron chi connectivity index (χ0n) is 15.6. The summed E-state index contributed by atoms with van der Waals surface area (Å²) >= 11 is 0. The highest BCUT2D eigenvalue weighted by Crippen LogP contribution is 2.62. The summed E-state index contributed by atoms with van der Waals surface area (Å²) in [6.07, 6.45) is 3.54. The molecule has 1 aliphatic heterocycles. The molecule has 2 fully saturated rings. The van der Waals surface area contributed by atoms with Gasteiger partial charge in [-0.05, 0) is 56.7 Å². The van der Waals surface area contributed by atoms with Crippen molar-refractivity contribution in [1.29, 1.82) is 0 Å². The molecule has 1 aromatic rings. The highest BCUT2D eigenvalue weighted by atomic mass is 16.5. The summed E-state index contributed by atoms with van der Waals surface area (Å²) in [5.74, 6) is 1.29. The summed E-state index contributed by atoms with van der Waals surface area (Å²) in [5, 5.41) is 32.9. The van der Waals surface area contributed by atoms with Gasteiger partial charge in [0.15, 0.2) is 11.5 Å². The Morgan fingerprint density at radius 3 is 2.73 bits per heavy atom. The molecule has 4 aliphatic rings. The molecule has 26 heavy (non-hydrogen) atoms. The van der Waals surface area contributed by atoms with Crippen molar-refractivity contribution in [2.24, 2.45) is 5.92 Å². The second-order valence-electron chi connectivity index (χ2n) is 8.92. The zero-order valence-corrected chi connectivity index (χ0v) is 15.6. The number of aliphatic hydroxyl groups is 2. The largest absolute Gasteiger partial charge is 0.504 e. The lowest BCUT2D eigenvalue weighted by atomic mass is 9.57. The van der Waals surface area contributed by atoms with Crippen LogP contribution in [-0.2, 0) is 0 Å². The van der Waals surface area contributed by atoms with Gasteiger partial charge in [-0.25, -0.2) is 0 Å². The molecular weight excluding hydrogens is 330 g/mol. The Balaban J connectivity index is 1.67. The Bertz CT molecular complexity index is 733. The van der Waals surface area contributed by atoms with Gasteiger partial charge in [-0.1, -0.05) is 13.0 Å². The lowest BCUT2D eigenvalue weighted by Gasteiger charge is -2.55. The lowest BCUT2D eigenvalue weighted by molar-refractivity contribution is -0.144. The first-order valence-electron chi connectivity index (χ1n) is 10.1. The number of hydrogen-bond acceptors (Lipinski definition) is 5. The average Bonchev–Trinajstić information content (AvgIpc) is 3.32. The van der Waals surface area contributed by atoms with Crippen LogP contribution < -0.4 is 4.74 Å². The van der Waals surface area contributed by atoms with Crippen molar-refractivity contribution in [1.82, 2.24) is 4.90 Å². The van der Waals surface area contributed by atoms with E-state index in [4.69, 9.17) is 4.74 Å². The van der Waals surface area contributed by atoms with E-state index in [-0.39, 0.29) is 23.6 Å². The fourth-order valence-corrected chi connectivity index (χ4v) is 6.08. The summed E-state index contributed by atoms with van der Waals surface area (Å²) in [6.45, 7) is 3.20. The molecule has 1 aromatic carbocycles. The quantitative estimate of drug-likeness (QED) is 0.770. The number of hydrogen-bond donors (Lipinski definition) is 3. The first-order valence-corrected chi connectivity index (χ1v) is 10.1. The molecule has 0 amide bonds. The Hall–Kier alpha value is -1.30. The molecule has 5 nitrogen and oxygen atoms in total. The highest BCUT2D eigenvalue weighted by molar-refractivity contribution is 5.60. The number of phenols is 1. The third-order valence-electron chi connectivity index (χ3n) is 7.31. The van der Waals surface area contributed by atoms with Crippen molar-refractivity contribution >= 4 is 0 Å². The third-order valence-corrected chi connectivity index (χ3v) is 7.31. The molecule has 0 radical (unpaired) electrons. The Morgan fingerprint density at radius 2 is 2.04 bits per heavy atom. The number of rotatable bonds is 4. The minimum Gasteiger partial charge on any atom is -0.504 e. The number of likely N-dealkylation sites (N-methyl/N-ethyl adjacent to an activating group) is 1. The Morgan fingerprint density at radius 1 is 1.27 bits per heavy atom. The van der Waals surface area contributed by atoms with Crippen LogP contribution in [-0.4, -0.2) is 57.7 Å². The van der Waals surface area contributed by atoms with E-state index in [9.17, 15) is 15.3 Å². The van der Waals surface area contributed by atoms with Crippen LogP contribution in [0.25, 0.3) is 0 Å². The number of aromatic hydroxyl groups is 1.